The summed E-state index contributed by atoms with van der Waals surface area (Å²) >= 11 is 1.02. The van der Waals surface area contributed by atoms with Crippen LogP contribution in [0.1, 0.15) is 16.2 Å². The first-order valence-electron chi connectivity index (χ1n) is 5.38. The number of aromatic nitrogens is 2. The molecule has 9 nitrogen and oxygen atoms in total. The fourth-order valence-corrected chi connectivity index (χ4v) is 2.12. The quantitative estimate of drug-likeness (QED) is 0.439. The van der Waals surface area contributed by atoms with Crippen molar-refractivity contribution < 1.29 is 9.72 Å². The van der Waals surface area contributed by atoms with Crippen LogP contribution in [0, 0.1) is 17.0 Å². The maximum atomic E-state index is 12.1. The van der Waals surface area contributed by atoms with Crippen LogP contribution in [0.3, 0.4) is 0 Å². The topological polar surface area (TPSA) is 136 Å². The van der Waals surface area contributed by atoms with E-state index in [0.717, 1.165) is 11.5 Å². The SMILES string of the molecule is Cc1nsc(NC(=O)c2cccc([N+](=O)[O-])c2NN)n1. The molecule has 0 saturated heterocycles. The smallest absolute Gasteiger partial charge is 0.294 e. The van der Waals surface area contributed by atoms with Crippen LogP contribution in [0.25, 0.3) is 0 Å². The normalized spacial score (nSPS) is 10.1. The van der Waals surface area contributed by atoms with E-state index >= 15 is 0 Å². The van der Waals surface area contributed by atoms with Gasteiger partial charge in [0.15, 0.2) is 0 Å². The van der Waals surface area contributed by atoms with Crippen LogP contribution in [0.15, 0.2) is 18.2 Å². The summed E-state index contributed by atoms with van der Waals surface area (Å²) in [6.07, 6.45) is 0. The van der Waals surface area contributed by atoms with Crippen molar-refractivity contribution in [3.63, 3.8) is 0 Å². The van der Waals surface area contributed by atoms with Gasteiger partial charge in [-0.1, -0.05) is 6.07 Å². The number of hydrogen-bond acceptors (Lipinski definition) is 8. The van der Waals surface area contributed by atoms with Crippen LogP contribution in [-0.2, 0) is 0 Å². The molecule has 0 aliphatic carbocycles. The number of nitrogen functional groups attached to an aromatic ring is 1. The second-order valence-electron chi connectivity index (χ2n) is 3.70. The van der Waals surface area contributed by atoms with E-state index in [1.54, 1.807) is 6.92 Å². The van der Waals surface area contributed by atoms with Gasteiger partial charge in [-0.2, -0.15) is 4.37 Å². The number of nitrogens with zero attached hydrogens (tertiary/aromatic N) is 3. The predicted octanol–water partition coefficient (Wildman–Crippen LogP) is 1.29. The Labute approximate surface area is 117 Å². The fraction of sp³-hybridized carbons (Fsp3) is 0.100. The van der Waals surface area contributed by atoms with Crippen LogP contribution in [0.5, 0.6) is 0 Å². The molecule has 1 amide bonds. The maximum absolute atomic E-state index is 12.1. The molecule has 2 rings (SSSR count). The Hall–Kier alpha value is -2.59. The number of anilines is 2. The number of hydrogen-bond donors (Lipinski definition) is 3. The molecule has 0 saturated carbocycles. The number of hydrazine groups is 1. The lowest BCUT2D eigenvalue weighted by Gasteiger charge is -2.08. The number of benzene rings is 1. The average molecular weight is 294 g/mol. The number of carbonyl (C=O) groups excluding carboxylic acids is 1. The number of nitrogens with two attached hydrogens (primary N) is 1. The molecule has 0 bridgehead atoms. The summed E-state index contributed by atoms with van der Waals surface area (Å²) in [6, 6.07) is 4.08. The molecule has 0 unspecified atom stereocenters. The Morgan fingerprint density at radius 3 is 2.80 bits per heavy atom. The minimum absolute atomic E-state index is 0.0505. The molecule has 0 aliphatic heterocycles. The van der Waals surface area contributed by atoms with E-state index in [2.05, 4.69) is 20.1 Å². The lowest BCUT2D eigenvalue weighted by atomic mass is 10.1. The molecule has 0 radical (unpaired) electrons. The molecule has 20 heavy (non-hydrogen) atoms. The third-order valence-corrected chi connectivity index (χ3v) is 3.10. The van der Waals surface area contributed by atoms with Crippen molar-refractivity contribution in [2.24, 2.45) is 5.84 Å². The van der Waals surface area contributed by atoms with Gasteiger partial charge in [-0.3, -0.25) is 26.1 Å². The zero-order valence-electron chi connectivity index (χ0n) is 10.3. The lowest BCUT2D eigenvalue weighted by Crippen LogP contribution is -2.18. The van der Waals surface area contributed by atoms with Gasteiger partial charge in [0.25, 0.3) is 11.6 Å². The minimum atomic E-state index is -0.624. The van der Waals surface area contributed by atoms with Crippen molar-refractivity contribution in [2.75, 3.05) is 10.7 Å². The van der Waals surface area contributed by atoms with Crippen LogP contribution >= 0.6 is 11.5 Å². The number of aryl methyl sites for hydroxylation is 1. The highest BCUT2D eigenvalue weighted by atomic mass is 32.1. The summed E-state index contributed by atoms with van der Waals surface area (Å²) in [6.45, 7) is 1.69. The van der Waals surface area contributed by atoms with Crippen LogP contribution in [0.4, 0.5) is 16.5 Å². The van der Waals surface area contributed by atoms with Crippen molar-refractivity contribution in [1.82, 2.24) is 9.36 Å². The van der Waals surface area contributed by atoms with Crippen molar-refractivity contribution >= 4 is 33.9 Å². The molecule has 4 N–H and O–H groups in total. The first-order chi connectivity index (χ1) is 9.52. The van der Waals surface area contributed by atoms with Gasteiger partial charge in [0.2, 0.25) is 5.13 Å². The summed E-state index contributed by atoms with van der Waals surface area (Å²) in [7, 11) is 0. The molecule has 10 heteroatoms. The third kappa shape index (κ3) is 2.70. The molecule has 1 aromatic heterocycles. The number of nitro groups is 1. The van der Waals surface area contributed by atoms with Gasteiger partial charge >= 0.3 is 0 Å². The van der Waals surface area contributed by atoms with E-state index in [-0.39, 0.29) is 16.9 Å². The van der Waals surface area contributed by atoms with E-state index in [9.17, 15) is 14.9 Å². The summed E-state index contributed by atoms with van der Waals surface area (Å²) in [4.78, 5) is 26.3. The molecule has 0 spiro atoms. The van der Waals surface area contributed by atoms with Crippen LogP contribution in [0.2, 0.25) is 0 Å². The third-order valence-electron chi connectivity index (χ3n) is 2.38. The Balaban J connectivity index is 2.34. The van der Waals surface area contributed by atoms with E-state index < -0.39 is 10.8 Å². The Morgan fingerprint density at radius 1 is 1.50 bits per heavy atom. The summed E-state index contributed by atoms with van der Waals surface area (Å²) in [5, 5.41) is 13.7. The maximum Gasteiger partial charge on any atom is 0.294 e. The van der Waals surface area contributed by atoms with Gasteiger partial charge in [0.1, 0.15) is 11.5 Å². The zero-order chi connectivity index (χ0) is 14.7. The van der Waals surface area contributed by atoms with Gasteiger partial charge in [-0.05, 0) is 13.0 Å². The zero-order valence-corrected chi connectivity index (χ0v) is 11.1. The highest BCUT2D eigenvalue weighted by molar-refractivity contribution is 7.09. The Bertz CT molecular complexity index is 671. The second-order valence-corrected chi connectivity index (χ2v) is 4.45. The molecule has 1 aromatic carbocycles. The summed E-state index contributed by atoms with van der Waals surface area (Å²) in [5.41, 5.74) is 1.89. The van der Waals surface area contributed by atoms with E-state index in [4.69, 9.17) is 5.84 Å². The molecular weight excluding hydrogens is 284 g/mol. The number of rotatable bonds is 4. The number of nitrogens with one attached hydrogen (secondary N) is 2. The number of nitro benzene ring substituents is 1. The van der Waals surface area contributed by atoms with Crippen molar-refractivity contribution in [3.05, 3.63) is 39.7 Å². The summed E-state index contributed by atoms with van der Waals surface area (Å²) in [5.74, 6) is 5.24. The highest BCUT2D eigenvalue weighted by Crippen LogP contribution is 2.28. The van der Waals surface area contributed by atoms with Gasteiger partial charge in [0.05, 0.1) is 10.5 Å². The largest absolute Gasteiger partial charge is 0.318 e. The van der Waals surface area contributed by atoms with Gasteiger partial charge < -0.3 is 5.43 Å². The van der Waals surface area contributed by atoms with Crippen molar-refractivity contribution in [3.8, 4) is 0 Å². The predicted molar refractivity (Wildman–Crippen MR) is 73.5 cm³/mol. The standard InChI is InChI=1S/C10H10N6O3S/c1-5-12-10(20-15-5)13-9(17)6-3-2-4-7(16(18)19)8(6)14-11/h2-4,14H,11H2,1H3,(H,12,13,15,17). The molecule has 0 aliphatic rings. The molecule has 2 aromatic rings. The van der Waals surface area contributed by atoms with E-state index in [1.165, 1.54) is 18.2 Å². The monoisotopic (exact) mass is 294 g/mol. The summed E-state index contributed by atoms with van der Waals surface area (Å²) < 4.78 is 3.92. The number of amides is 1. The Kier molecular flexibility index (Phi) is 3.86. The van der Waals surface area contributed by atoms with Crippen LogP contribution in [-0.4, -0.2) is 20.2 Å². The first-order valence-corrected chi connectivity index (χ1v) is 6.16. The average Bonchev–Trinajstić information content (AvgIpc) is 2.82. The number of para-hydroxylation sites is 1. The molecule has 0 atom stereocenters. The molecular formula is C10H10N6O3S. The van der Waals surface area contributed by atoms with Crippen molar-refractivity contribution in [1.29, 1.82) is 0 Å². The second kappa shape index (κ2) is 5.59. The van der Waals surface area contributed by atoms with Gasteiger partial charge in [-0.25, -0.2) is 4.98 Å². The van der Waals surface area contributed by atoms with E-state index in [1.807, 2.05) is 0 Å². The Morgan fingerprint density at radius 2 is 2.25 bits per heavy atom. The van der Waals surface area contributed by atoms with Crippen LogP contribution < -0.4 is 16.6 Å². The van der Waals surface area contributed by atoms with E-state index in [0.29, 0.717) is 11.0 Å². The molecule has 1 heterocycles. The lowest BCUT2D eigenvalue weighted by molar-refractivity contribution is -0.384. The molecule has 104 valence electrons. The fourth-order valence-electron chi connectivity index (χ4n) is 1.55. The first kappa shape index (κ1) is 13.8. The number of carbonyl (C=O) groups is 1. The van der Waals surface area contributed by atoms with Crippen molar-refractivity contribution in [2.45, 2.75) is 6.92 Å². The molecule has 0 fully saturated rings. The highest BCUT2D eigenvalue weighted by Gasteiger charge is 2.21. The minimum Gasteiger partial charge on any atom is -0.318 e. The van der Waals surface area contributed by atoms with Gasteiger partial charge in [-0.15, -0.1) is 0 Å². The van der Waals surface area contributed by atoms with Gasteiger partial charge in [0, 0.05) is 17.6 Å².